The SMILES string of the molecule is CCC(C)CCCC(C)(C)Oc1ccccc1C(=O)O. The highest BCUT2D eigenvalue weighted by Gasteiger charge is 2.22. The highest BCUT2D eigenvalue weighted by molar-refractivity contribution is 5.90. The minimum absolute atomic E-state index is 0.225. The lowest BCUT2D eigenvalue weighted by molar-refractivity contribution is 0.0665. The maximum Gasteiger partial charge on any atom is 0.339 e. The van der Waals surface area contributed by atoms with Crippen LogP contribution in [0.1, 0.15) is 63.7 Å². The molecule has 0 saturated carbocycles. The molecule has 0 aromatic heterocycles. The zero-order valence-corrected chi connectivity index (χ0v) is 13.0. The van der Waals surface area contributed by atoms with E-state index in [1.807, 2.05) is 13.8 Å². The van der Waals surface area contributed by atoms with Gasteiger partial charge < -0.3 is 9.84 Å². The Bertz CT molecular complexity index is 438. The monoisotopic (exact) mass is 278 g/mol. The van der Waals surface area contributed by atoms with Crippen molar-refractivity contribution in [2.75, 3.05) is 0 Å². The summed E-state index contributed by atoms with van der Waals surface area (Å²) in [6, 6.07) is 6.82. The topological polar surface area (TPSA) is 46.5 Å². The van der Waals surface area contributed by atoms with Crippen LogP contribution in [0.2, 0.25) is 0 Å². The van der Waals surface area contributed by atoms with Gasteiger partial charge >= 0.3 is 5.97 Å². The van der Waals surface area contributed by atoms with E-state index in [0.717, 1.165) is 18.8 Å². The Labute approximate surface area is 122 Å². The van der Waals surface area contributed by atoms with Gasteiger partial charge in [-0.05, 0) is 44.7 Å². The third kappa shape index (κ3) is 5.24. The lowest BCUT2D eigenvalue weighted by Crippen LogP contribution is -2.29. The number of rotatable bonds is 8. The Hall–Kier alpha value is -1.51. The largest absolute Gasteiger partial charge is 0.487 e. The highest BCUT2D eigenvalue weighted by atomic mass is 16.5. The van der Waals surface area contributed by atoms with Crippen LogP contribution in [0.3, 0.4) is 0 Å². The molecular weight excluding hydrogens is 252 g/mol. The van der Waals surface area contributed by atoms with E-state index in [2.05, 4.69) is 13.8 Å². The summed E-state index contributed by atoms with van der Waals surface area (Å²) in [4.78, 5) is 11.2. The number of hydrogen-bond donors (Lipinski definition) is 1. The fourth-order valence-electron chi connectivity index (χ4n) is 2.16. The van der Waals surface area contributed by atoms with Crippen molar-refractivity contribution in [3.05, 3.63) is 29.8 Å². The molecule has 1 N–H and O–H groups in total. The third-order valence-corrected chi connectivity index (χ3v) is 3.68. The lowest BCUT2D eigenvalue weighted by Gasteiger charge is -2.27. The van der Waals surface area contributed by atoms with Gasteiger partial charge in [-0.1, -0.05) is 38.8 Å². The van der Waals surface area contributed by atoms with Crippen molar-refractivity contribution in [3.63, 3.8) is 0 Å². The van der Waals surface area contributed by atoms with Gasteiger partial charge in [-0.25, -0.2) is 4.79 Å². The molecule has 0 spiro atoms. The molecule has 0 fully saturated rings. The summed E-state index contributed by atoms with van der Waals surface area (Å²) >= 11 is 0. The second-order valence-corrected chi connectivity index (χ2v) is 6.07. The molecule has 0 aliphatic rings. The Kier molecular flexibility index (Phi) is 6.05. The van der Waals surface area contributed by atoms with Crippen LogP contribution in [0.25, 0.3) is 0 Å². The minimum Gasteiger partial charge on any atom is -0.487 e. The summed E-state index contributed by atoms with van der Waals surface area (Å²) in [6.45, 7) is 8.49. The Balaban J connectivity index is 2.64. The Morgan fingerprint density at radius 3 is 2.60 bits per heavy atom. The van der Waals surface area contributed by atoms with E-state index >= 15 is 0 Å². The smallest absolute Gasteiger partial charge is 0.339 e. The van der Waals surface area contributed by atoms with Crippen molar-refractivity contribution in [2.24, 2.45) is 5.92 Å². The zero-order valence-electron chi connectivity index (χ0n) is 13.0. The van der Waals surface area contributed by atoms with Crippen LogP contribution in [0, 0.1) is 5.92 Å². The molecule has 1 atom stereocenters. The van der Waals surface area contributed by atoms with Crippen LogP contribution >= 0.6 is 0 Å². The van der Waals surface area contributed by atoms with Gasteiger partial charge in [0, 0.05) is 0 Å². The zero-order chi connectivity index (χ0) is 15.2. The molecule has 3 heteroatoms. The van der Waals surface area contributed by atoms with Gasteiger partial charge in [0.15, 0.2) is 0 Å². The van der Waals surface area contributed by atoms with E-state index in [9.17, 15) is 4.79 Å². The van der Waals surface area contributed by atoms with Crippen molar-refractivity contribution in [2.45, 2.75) is 59.0 Å². The summed E-state index contributed by atoms with van der Waals surface area (Å²) in [7, 11) is 0. The van der Waals surface area contributed by atoms with E-state index in [1.165, 1.54) is 12.8 Å². The number of para-hydroxylation sites is 1. The van der Waals surface area contributed by atoms with Crippen LogP contribution in [0.4, 0.5) is 0 Å². The van der Waals surface area contributed by atoms with E-state index in [1.54, 1.807) is 24.3 Å². The second kappa shape index (κ2) is 7.32. The second-order valence-electron chi connectivity index (χ2n) is 6.07. The lowest BCUT2D eigenvalue weighted by atomic mass is 9.95. The standard InChI is InChI=1S/C17H26O3/c1-5-13(2)9-8-12-17(3,4)20-15-11-7-6-10-14(15)16(18)19/h6-7,10-11,13H,5,8-9,12H2,1-4H3,(H,18,19). The fourth-order valence-corrected chi connectivity index (χ4v) is 2.16. The maximum absolute atomic E-state index is 11.2. The first-order valence-corrected chi connectivity index (χ1v) is 7.37. The van der Waals surface area contributed by atoms with Gasteiger partial charge in [-0.2, -0.15) is 0 Å². The summed E-state index contributed by atoms with van der Waals surface area (Å²) in [5.74, 6) is 0.238. The first-order valence-electron chi connectivity index (χ1n) is 7.37. The van der Waals surface area contributed by atoms with Gasteiger partial charge in [0.25, 0.3) is 0 Å². The Morgan fingerprint density at radius 1 is 1.35 bits per heavy atom. The molecule has 1 rings (SSSR count). The molecule has 112 valence electrons. The molecule has 20 heavy (non-hydrogen) atoms. The molecule has 1 aromatic rings. The van der Waals surface area contributed by atoms with Gasteiger partial charge in [-0.15, -0.1) is 0 Å². The molecule has 0 heterocycles. The summed E-state index contributed by atoms with van der Waals surface area (Å²) in [6.07, 6.45) is 4.40. The summed E-state index contributed by atoms with van der Waals surface area (Å²) in [5, 5.41) is 9.16. The fraction of sp³-hybridized carbons (Fsp3) is 0.588. The van der Waals surface area contributed by atoms with Crippen LogP contribution in [0.5, 0.6) is 5.75 Å². The number of ether oxygens (including phenoxy) is 1. The number of carboxylic acid groups (broad SMARTS) is 1. The average Bonchev–Trinajstić information content (AvgIpc) is 2.38. The minimum atomic E-state index is -0.948. The van der Waals surface area contributed by atoms with Crippen LogP contribution in [-0.4, -0.2) is 16.7 Å². The Morgan fingerprint density at radius 2 is 2.00 bits per heavy atom. The van der Waals surface area contributed by atoms with Crippen molar-refractivity contribution in [1.82, 2.24) is 0 Å². The van der Waals surface area contributed by atoms with Gasteiger partial charge in [0.1, 0.15) is 16.9 Å². The number of carboxylic acids is 1. The first kappa shape index (κ1) is 16.5. The quantitative estimate of drug-likeness (QED) is 0.745. The van der Waals surface area contributed by atoms with E-state index < -0.39 is 5.97 Å². The van der Waals surface area contributed by atoms with Crippen molar-refractivity contribution < 1.29 is 14.6 Å². The van der Waals surface area contributed by atoms with Crippen LogP contribution in [-0.2, 0) is 0 Å². The predicted molar refractivity (Wildman–Crippen MR) is 81.4 cm³/mol. The average molecular weight is 278 g/mol. The molecule has 1 aromatic carbocycles. The molecule has 1 unspecified atom stereocenters. The highest BCUT2D eigenvalue weighted by Crippen LogP contribution is 2.27. The number of aromatic carboxylic acids is 1. The third-order valence-electron chi connectivity index (χ3n) is 3.68. The van der Waals surface area contributed by atoms with Gasteiger partial charge in [0.05, 0.1) is 0 Å². The number of carbonyl (C=O) groups is 1. The molecule has 0 aliphatic heterocycles. The summed E-state index contributed by atoms with van der Waals surface area (Å²) < 4.78 is 5.93. The van der Waals surface area contributed by atoms with Gasteiger partial charge in [0.2, 0.25) is 0 Å². The number of hydrogen-bond acceptors (Lipinski definition) is 2. The van der Waals surface area contributed by atoms with Crippen molar-refractivity contribution in [3.8, 4) is 5.75 Å². The van der Waals surface area contributed by atoms with Crippen LogP contribution in [0.15, 0.2) is 24.3 Å². The molecule has 0 saturated heterocycles. The van der Waals surface area contributed by atoms with E-state index in [-0.39, 0.29) is 11.2 Å². The van der Waals surface area contributed by atoms with Gasteiger partial charge in [-0.3, -0.25) is 0 Å². The van der Waals surface area contributed by atoms with Crippen molar-refractivity contribution in [1.29, 1.82) is 0 Å². The van der Waals surface area contributed by atoms with Crippen LogP contribution < -0.4 is 4.74 Å². The summed E-state index contributed by atoms with van der Waals surface area (Å²) in [5.41, 5.74) is -0.124. The van der Waals surface area contributed by atoms with E-state index in [4.69, 9.17) is 9.84 Å². The predicted octanol–water partition coefficient (Wildman–Crippen LogP) is 4.76. The van der Waals surface area contributed by atoms with Crippen molar-refractivity contribution >= 4 is 5.97 Å². The molecular formula is C17H26O3. The molecule has 0 bridgehead atoms. The van der Waals surface area contributed by atoms with E-state index in [0.29, 0.717) is 5.75 Å². The number of benzene rings is 1. The normalized spacial score (nSPS) is 13.0. The molecule has 0 radical (unpaired) electrons. The molecule has 0 amide bonds. The molecule has 3 nitrogen and oxygen atoms in total. The maximum atomic E-state index is 11.2. The first-order chi connectivity index (χ1) is 9.35. The molecule has 0 aliphatic carbocycles.